The second kappa shape index (κ2) is 13.6. The van der Waals surface area contributed by atoms with Crippen LogP contribution in [0.5, 0.6) is 11.5 Å². The van der Waals surface area contributed by atoms with Crippen molar-refractivity contribution in [3.8, 4) is 22.6 Å². The van der Waals surface area contributed by atoms with E-state index in [-0.39, 0.29) is 18.5 Å². The van der Waals surface area contributed by atoms with Crippen molar-refractivity contribution in [3.05, 3.63) is 94.8 Å². The quantitative estimate of drug-likeness (QED) is 0.206. The Hall–Kier alpha value is -4.57. The van der Waals surface area contributed by atoms with E-state index in [9.17, 15) is 27.9 Å². The summed E-state index contributed by atoms with van der Waals surface area (Å²) in [5.74, 6) is -1.84. The first-order valence-corrected chi connectivity index (χ1v) is 13.6. The molecule has 0 radical (unpaired) electrons. The molecule has 0 aliphatic carbocycles. The summed E-state index contributed by atoms with van der Waals surface area (Å²) in [4.78, 5) is 26.7. The van der Waals surface area contributed by atoms with Gasteiger partial charge in [-0.2, -0.15) is 0 Å². The standard InChI is InChI=1S/C33H33F3N2O5/c1-19-8-5-13-25(34)29(19)32(39)37-26(33(40)41)16-20-9-6-11-23-22(20)10-7-12-24(23)30-27(42-3)15-14-21(31(30)43-4)17-38(2)18-28(35)36/h5-15,26,28H,16-18H2,1-4H3,(H,37,39)(H,40,41)/t26-/m0/s1. The fraction of sp³-hybridized carbons (Fsp3) is 0.273. The van der Waals surface area contributed by atoms with Gasteiger partial charge in [0.1, 0.15) is 23.4 Å². The number of amides is 1. The molecule has 0 fully saturated rings. The number of carbonyl (C=O) groups excluding carboxylic acids is 1. The number of nitrogens with one attached hydrogen (secondary N) is 1. The Morgan fingerprint density at radius 2 is 1.63 bits per heavy atom. The minimum Gasteiger partial charge on any atom is -0.496 e. The highest BCUT2D eigenvalue weighted by molar-refractivity contribution is 6.02. The van der Waals surface area contributed by atoms with E-state index in [4.69, 9.17) is 9.47 Å². The summed E-state index contributed by atoms with van der Waals surface area (Å²) in [6.07, 6.45) is -2.55. The average Bonchev–Trinajstić information content (AvgIpc) is 2.95. The van der Waals surface area contributed by atoms with Gasteiger partial charge in [0.15, 0.2) is 0 Å². The Balaban J connectivity index is 1.76. The maximum absolute atomic E-state index is 14.4. The van der Waals surface area contributed by atoms with Crippen molar-refractivity contribution in [2.75, 3.05) is 27.8 Å². The number of carbonyl (C=O) groups is 2. The molecule has 4 aromatic rings. The minimum absolute atomic E-state index is 0.0674. The van der Waals surface area contributed by atoms with E-state index in [0.29, 0.717) is 33.8 Å². The summed E-state index contributed by atoms with van der Waals surface area (Å²) >= 11 is 0. The Morgan fingerprint density at radius 3 is 2.28 bits per heavy atom. The van der Waals surface area contributed by atoms with Gasteiger partial charge in [0.2, 0.25) is 0 Å². The summed E-state index contributed by atoms with van der Waals surface area (Å²) in [6, 6.07) is 17.4. The number of benzene rings is 4. The summed E-state index contributed by atoms with van der Waals surface area (Å²) in [7, 11) is 4.63. The third-order valence-electron chi connectivity index (χ3n) is 7.27. The Bertz CT molecular complexity index is 1620. The SMILES string of the molecule is COc1ccc(CN(C)CC(F)F)c(OC)c1-c1cccc2c(C[C@H](NC(=O)c3c(C)cccc3F)C(=O)O)cccc12. The number of methoxy groups -OCH3 is 2. The molecule has 4 aromatic carbocycles. The molecule has 0 aliphatic heterocycles. The number of fused-ring (bicyclic) bond motifs is 1. The Kier molecular flexibility index (Phi) is 9.92. The highest BCUT2D eigenvalue weighted by atomic mass is 19.3. The molecule has 0 aromatic heterocycles. The number of aliphatic carboxylic acids is 1. The van der Waals surface area contributed by atoms with Gasteiger partial charge >= 0.3 is 5.97 Å². The van der Waals surface area contributed by atoms with E-state index in [1.165, 1.54) is 25.2 Å². The Morgan fingerprint density at radius 1 is 0.930 bits per heavy atom. The smallest absolute Gasteiger partial charge is 0.326 e. The van der Waals surface area contributed by atoms with Crippen LogP contribution in [0.2, 0.25) is 0 Å². The van der Waals surface area contributed by atoms with Gasteiger partial charge in [-0.15, -0.1) is 0 Å². The largest absolute Gasteiger partial charge is 0.496 e. The van der Waals surface area contributed by atoms with Gasteiger partial charge in [-0.25, -0.2) is 18.0 Å². The predicted molar refractivity (Wildman–Crippen MR) is 159 cm³/mol. The molecule has 4 rings (SSSR count). The molecule has 0 saturated carbocycles. The topological polar surface area (TPSA) is 88.1 Å². The zero-order valence-corrected chi connectivity index (χ0v) is 24.3. The van der Waals surface area contributed by atoms with E-state index in [0.717, 1.165) is 22.4 Å². The first-order chi connectivity index (χ1) is 20.5. The number of halogens is 3. The van der Waals surface area contributed by atoms with Crippen molar-refractivity contribution in [2.24, 2.45) is 0 Å². The van der Waals surface area contributed by atoms with Gasteiger partial charge in [-0.3, -0.25) is 9.69 Å². The van der Waals surface area contributed by atoms with Crippen LogP contribution in [-0.4, -0.2) is 62.2 Å². The second-order valence-corrected chi connectivity index (χ2v) is 10.2. The molecule has 2 N–H and O–H groups in total. The van der Waals surface area contributed by atoms with E-state index < -0.39 is 36.7 Å². The van der Waals surface area contributed by atoms with Crippen molar-refractivity contribution < 1.29 is 37.3 Å². The molecule has 0 bridgehead atoms. The van der Waals surface area contributed by atoms with Crippen LogP contribution in [0.15, 0.2) is 66.7 Å². The van der Waals surface area contributed by atoms with Gasteiger partial charge in [-0.1, -0.05) is 54.6 Å². The molecule has 226 valence electrons. The van der Waals surface area contributed by atoms with E-state index in [1.807, 2.05) is 24.3 Å². The van der Waals surface area contributed by atoms with Gasteiger partial charge in [0.05, 0.1) is 31.9 Å². The number of hydrogen-bond donors (Lipinski definition) is 2. The zero-order chi connectivity index (χ0) is 31.3. The molecule has 1 atom stereocenters. The predicted octanol–water partition coefficient (Wildman–Crippen LogP) is 6.09. The van der Waals surface area contributed by atoms with Gasteiger partial charge in [-0.05, 0) is 53.6 Å². The highest BCUT2D eigenvalue weighted by Gasteiger charge is 2.26. The van der Waals surface area contributed by atoms with Crippen molar-refractivity contribution in [2.45, 2.75) is 32.4 Å². The first-order valence-electron chi connectivity index (χ1n) is 13.6. The number of carboxylic acids is 1. The number of carboxylic acid groups (broad SMARTS) is 1. The maximum atomic E-state index is 14.4. The van der Waals surface area contributed by atoms with Crippen molar-refractivity contribution >= 4 is 22.6 Å². The second-order valence-electron chi connectivity index (χ2n) is 10.2. The van der Waals surface area contributed by atoms with Crippen LogP contribution in [0.1, 0.15) is 27.0 Å². The first kappa shape index (κ1) is 31.4. The minimum atomic E-state index is -2.49. The van der Waals surface area contributed by atoms with Crippen LogP contribution in [0.25, 0.3) is 21.9 Å². The van der Waals surface area contributed by atoms with Gasteiger partial charge < -0.3 is 19.9 Å². The lowest BCUT2D eigenvalue weighted by Gasteiger charge is -2.22. The average molecular weight is 595 g/mol. The number of aryl methyl sites for hydroxylation is 1. The van der Waals surface area contributed by atoms with Crippen LogP contribution in [0.4, 0.5) is 13.2 Å². The fourth-order valence-corrected chi connectivity index (χ4v) is 5.32. The number of alkyl halides is 2. The van der Waals surface area contributed by atoms with Crippen LogP contribution < -0.4 is 14.8 Å². The van der Waals surface area contributed by atoms with Crippen LogP contribution in [0.3, 0.4) is 0 Å². The number of hydrogen-bond acceptors (Lipinski definition) is 5. The monoisotopic (exact) mass is 594 g/mol. The summed E-state index contributed by atoms with van der Waals surface area (Å²) in [5.41, 5.74) is 2.86. The van der Waals surface area contributed by atoms with Crippen molar-refractivity contribution in [3.63, 3.8) is 0 Å². The van der Waals surface area contributed by atoms with Gasteiger partial charge in [0, 0.05) is 18.5 Å². The number of ether oxygens (including phenoxy) is 2. The summed E-state index contributed by atoms with van der Waals surface area (Å²) in [5, 5.41) is 13.9. The van der Waals surface area contributed by atoms with Gasteiger partial charge in [0.25, 0.3) is 12.3 Å². The molecule has 0 saturated heterocycles. The maximum Gasteiger partial charge on any atom is 0.326 e. The fourth-order valence-electron chi connectivity index (χ4n) is 5.32. The lowest BCUT2D eigenvalue weighted by molar-refractivity contribution is -0.139. The molecular formula is C33H33F3N2O5. The van der Waals surface area contributed by atoms with E-state index in [1.54, 1.807) is 44.3 Å². The lowest BCUT2D eigenvalue weighted by atomic mass is 9.91. The number of rotatable bonds is 12. The highest BCUT2D eigenvalue weighted by Crippen LogP contribution is 2.44. The molecule has 7 nitrogen and oxygen atoms in total. The Labute approximate surface area is 247 Å². The zero-order valence-electron chi connectivity index (χ0n) is 24.3. The summed E-state index contributed by atoms with van der Waals surface area (Å²) in [6.45, 7) is 1.39. The van der Waals surface area contributed by atoms with Crippen LogP contribution in [-0.2, 0) is 17.8 Å². The van der Waals surface area contributed by atoms with Crippen molar-refractivity contribution in [1.82, 2.24) is 10.2 Å². The van der Waals surface area contributed by atoms with Crippen molar-refractivity contribution in [1.29, 1.82) is 0 Å². The molecule has 0 unspecified atom stereocenters. The molecule has 0 aliphatic rings. The van der Waals surface area contributed by atoms with Crippen LogP contribution >= 0.6 is 0 Å². The third-order valence-corrected chi connectivity index (χ3v) is 7.27. The molecule has 0 heterocycles. The molecule has 0 spiro atoms. The van der Waals surface area contributed by atoms with E-state index in [2.05, 4.69) is 5.32 Å². The normalized spacial score (nSPS) is 12.0. The van der Waals surface area contributed by atoms with Crippen LogP contribution in [0, 0.1) is 12.7 Å². The molecule has 43 heavy (non-hydrogen) atoms. The molecular weight excluding hydrogens is 561 g/mol. The number of nitrogens with zero attached hydrogens (tertiary/aromatic N) is 1. The molecule has 1 amide bonds. The third kappa shape index (κ3) is 6.91. The lowest BCUT2D eigenvalue weighted by Crippen LogP contribution is -2.42. The summed E-state index contributed by atoms with van der Waals surface area (Å²) < 4.78 is 51.9. The van der Waals surface area contributed by atoms with E-state index >= 15 is 0 Å². The molecule has 10 heteroatoms.